The van der Waals surface area contributed by atoms with Crippen molar-refractivity contribution < 1.29 is 22.9 Å². The van der Waals surface area contributed by atoms with E-state index in [-0.39, 0.29) is 23.3 Å². The van der Waals surface area contributed by atoms with Crippen molar-refractivity contribution in [3.05, 3.63) is 60.2 Å². The lowest BCUT2D eigenvalue weighted by atomic mass is 10.2. The molecule has 1 saturated heterocycles. The molecule has 2 amide bonds. The van der Waals surface area contributed by atoms with E-state index in [1.807, 2.05) is 18.2 Å². The summed E-state index contributed by atoms with van der Waals surface area (Å²) in [5, 5.41) is 2.70. The van der Waals surface area contributed by atoms with Crippen molar-refractivity contribution in [3.8, 4) is 0 Å². The van der Waals surface area contributed by atoms with Crippen LogP contribution in [0.25, 0.3) is 0 Å². The number of nitrogens with one attached hydrogen (secondary N) is 2. The van der Waals surface area contributed by atoms with Crippen molar-refractivity contribution in [1.29, 1.82) is 0 Å². The van der Waals surface area contributed by atoms with E-state index in [1.165, 1.54) is 6.07 Å². The number of para-hydroxylation sites is 1. The van der Waals surface area contributed by atoms with Crippen LogP contribution in [0.4, 0.5) is 5.69 Å². The maximum Gasteiger partial charge on any atom is 0.279 e. The summed E-state index contributed by atoms with van der Waals surface area (Å²) in [4.78, 5) is 27.8. The monoisotopic (exact) mass is 402 g/mol. The first kappa shape index (κ1) is 20.0. The van der Waals surface area contributed by atoms with Crippen molar-refractivity contribution in [3.63, 3.8) is 0 Å². The van der Waals surface area contributed by atoms with Crippen LogP contribution in [0.2, 0.25) is 0 Å². The summed E-state index contributed by atoms with van der Waals surface area (Å²) in [6, 6.07) is 15.5. The van der Waals surface area contributed by atoms with Gasteiger partial charge in [-0.25, -0.2) is 8.42 Å². The molecule has 1 aliphatic rings. The lowest BCUT2D eigenvalue weighted by molar-refractivity contribution is -0.895. The summed E-state index contributed by atoms with van der Waals surface area (Å²) in [6.45, 7) is 2.72. The van der Waals surface area contributed by atoms with Crippen molar-refractivity contribution in [2.75, 3.05) is 44.3 Å². The molecule has 0 saturated carbocycles. The van der Waals surface area contributed by atoms with Gasteiger partial charge < -0.3 is 15.1 Å². The summed E-state index contributed by atoms with van der Waals surface area (Å²) in [5.74, 6) is -0.236. The Hall–Kier alpha value is -2.71. The van der Waals surface area contributed by atoms with E-state index in [4.69, 9.17) is 0 Å². The van der Waals surface area contributed by atoms with Crippen LogP contribution in [-0.2, 0) is 14.6 Å². The minimum absolute atomic E-state index is 0.00572. The van der Waals surface area contributed by atoms with Gasteiger partial charge in [-0.15, -0.1) is 0 Å². The zero-order valence-corrected chi connectivity index (χ0v) is 16.5. The minimum Gasteiger partial charge on any atom is -0.327 e. The van der Waals surface area contributed by atoms with Gasteiger partial charge in [0.2, 0.25) is 0 Å². The van der Waals surface area contributed by atoms with Gasteiger partial charge in [-0.05, 0) is 24.3 Å². The molecular weight excluding hydrogens is 378 g/mol. The van der Waals surface area contributed by atoms with Crippen LogP contribution in [0.3, 0.4) is 0 Å². The van der Waals surface area contributed by atoms with Gasteiger partial charge in [-0.1, -0.05) is 30.3 Å². The molecule has 0 unspecified atom stereocenters. The summed E-state index contributed by atoms with van der Waals surface area (Å²) in [6.07, 6.45) is 1.12. The van der Waals surface area contributed by atoms with E-state index in [2.05, 4.69) is 5.32 Å². The highest BCUT2D eigenvalue weighted by molar-refractivity contribution is 7.90. The number of hydrogen-bond donors (Lipinski definition) is 2. The predicted octanol–water partition coefficient (Wildman–Crippen LogP) is 0.0695. The first-order valence-corrected chi connectivity index (χ1v) is 11.0. The molecule has 28 heavy (non-hydrogen) atoms. The second kappa shape index (κ2) is 8.53. The summed E-state index contributed by atoms with van der Waals surface area (Å²) in [5.41, 5.74) is 0.966. The highest BCUT2D eigenvalue weighted by Gasteiger charge is 2.26. The second-order valence-electron chi connectivity index (χ2n) is 6.90. The van der Waals surface area contributed by atoms with Crippen molar-refractivity contribution in [2.24, 2.45) is 0 Å². The highest BCUT2D eigenvalue weighted by atomic mass is 32.2. The van der Waals surface area contributed by atoms with E-state index in [0.717, 1.165) is 11.2 Å². The molecule has 2 aromatic rings. The quantitative estimate of drug-likeness (QED) is 0.741. The topological polar surface area (TPSA) is 88.0 Å². The zero-order chi connectivity index (χ0) is 20.1. The number of amides is 2. The van der Waals surface area contributed by atoms with Crippen LogP contribution in [-0.4, -0.2) is 64.1 Å². The zero-order valence-electron chi connectivity index (χ0n) is 15.7. The van der Waals surface area contributed by atoms with E-state index in [0.29, 0.717) is 37.4 Å². The smallest absolute Gasteiger partial charge is 0.279 e. The van der Waals surface area contributed by atoms with Gasteiger partial charge in [0.05, 0.1) is 36.8 Å². The van der Waals surface area contributed by atoms with Gasteiger partial charge in [-0.2, -0.15) is 0 Å². The van der Waals surface area contributed by atoms with Gasteiger partial charge in [-0.3, -0.25) is 9.59 Å². The Morgan fingerprint density at radius 3 is 2.25 bits per heavy atom. The molecule has 0 aromatic heterocycles. The number of carbonyl (C=O) groups excluding carboxylic acids is 2. The second-order valence-corrected chi connectivity index (χ2v) is 8.89. The largest absolute Gasteiger partial charge is 0.327 e. The van der Waals surface area contributed by atoms with E-state index < -0.39 is 9.84 Å². The molecule has 0 atom stereocenters. The van der Waals surface area contributed by atoms with Crippen LogP contribution >= 0.6 is 0 Å². The molecule has 8 heteroatoms. The molecule has 148 valence electrons. The first-order chi connectivity index (χ1) is 13.3. The molecule has 2 N–H and O–H groups in total. The average Bonchev–Trinajstić information content (AvgIpc) is 2.68. The molecule has 1 heterocycles. The average molecular weight is 402 g/mol. The van der Waals surface area contributed by atoms with Gasteiger partial charge in [0.1, 0.15) is 0 Å². The molecule has 2 aromatic carbocycles. The third-order valence-corrected chi connectivity index (χ3v) is 5.90. The number of carbonyl (C=O) groups is 2. The highest BCUT2D eigenvalue weighted by Crippen LogP contribution is 2.20. The number of hydrogen-bond acceptors (Lipinski definition) is 4. The van der Waals surface area contributed by atoms with Crippen LogP contribution < -0.4 is 10.2 Å². The van der Waals surface area contributed by atoms with Crippen LogP contribution in [0.1, 0.15) is 10.4 Å². The Balaban J connectivity index is 1.54. The summed E-state index contributed by atoms with van der Waals surface area (Å²) >= 11 is 0. The lowest BCUT2D eigenvalue weighted by Crippen LogP contribution is -3.15. The summed E-state index contributed by atoms with van der Waals surface area (Å²) in [7, 11) is -3.42. The lowest BCUT2D eigenvalue weighted by Gasteiger charge is -2.32. The maximum atomic E-state index is 12.5. The fraction of sp³-hybridized carbons (Fsp3) is 0.300. The van der Waals surface area contributed by atoms with Crippen LogP contribution in [0.15, 0.2) is 59.5 Å². The van der Waals surface area contributed by atoms with Gasteiger partial charge >= 0.3 is 0 Å². The molecule has 3 rings (SSSR count). The van der Waals surface area contributed by atoms with E-state index in [1.54, 1.807) is 35.2 Å². The molecule has 0 aliphatic carbocycles. The number of nitrogens with zero attached hydrogens (tertiary/aromatic N) is 1. The molecule has 0 radical (unpaired) electrons. The maximum absolute atomic E-state index is 12.5. The third-order valence-electron chi connectivity index (χ3n) is 4.75. The summed E-state index contributed by atoms with van der Waals surface area (Å²) < 4.78 is 23.7. The van der Waals surface area contributed by atoms with Crippen molar-refractivity contribution >= 4 is 27.3 Å². The molecule has 7 nitrogen and oxygen atoms in total. The van der Waals surface area contributed by atoms with Crippen LogP contribution in [0.5, 0.6) is 0 Å². The fourth-order valence-corrected chi connectivity index (χ4v) is 4.13. The minimum atomic E-state index is -3.42. The Morgan fingerprint density at radius 2 is 1.61 bits per heavy atom. The van der Waals surface area contributed by atoms with Gasteiger partial charge in [0, 0.05) is 11.8 Å². The Bertz CT molecular complexity index is 952. The number of rotatable bonds is 5. The van der Waals surface area contributed by atoms with Gasteiger partial charge in [0.25, 0.3) is 11.8 Å². The fourth-order valence-electron chi connectivity index (χ4n) is 3.28. The molecule has 1 fully saturated rings. The SMILES string of the molecule is CS(=O)(=O)c1ccccc1NC(=O)C[NH+]1CCN(C(=O)c2ccccc2)CC1. The standard InChI is InChI=1S/C20H23N3O4S/c1-28(26,27)18-10-6-5-9-17(18)21-19(24)15-22-11-13-23(14-12-22)20(25)16-7-3-2-4-8-16/h2-10H,11-15H2,1H3,(H,21,24)/p+1. The molecule has 0 bridgehead atoms. The van der Waals surface area contributed by atoms with E-state index in [9.17, 15) is 18.0 Å². The molecule has 0 spiro atoms. The normalized spacial score (nSPS) is 15.2. The Labute approximate surface area is 164 Å². The van der Waals surface area contributed by atoms with E-state index >= 15 is 0 Å². The number of piperazine rings is 1. The van der Waals surface area contributed by atoms with Crippen LogP contribution in [0, 0.1) is 0 Å². The molecule has 1 aliphatic heterocycles. The van der Waals surface area contributed by atoms with Crippen molar-refractivity contribution in [2.45, 2.75) is 4.90 Å². The number of benzene rings is 2. The Morgan fingerprint density at radius 1 is 1.00 bits per heavy atom. The number of sulfone groups is 1. The van der Waals surface area contributed by atoms with Crippen molar-refractivity contribution in [1.82, 2.24) is 4.90 Å². The Kier molecular flexibility index (Phi) is 6.11. The van der Waals surface area contributed by atoms with Gasteiger partial charge in [0.15, 0.2) is 16.4 Å². The third kappa shape index (κ3) is 4.96. The number of quaternary nitrogens is 1. The predicted molar refractivity (Wildman–Crippen MR) is 106 cm³/mol. The first-order valence-electron chi connectivity index (χ1n) is 9.11. The molecular formula is C20H24N3O4S+. The number of anilines is 1.